The Morgan fingerprint density at radius 2 is 1.84 bits per heavy atom. The van der Waals surface area contributed by atoms with Crippen molar-refractivity contribution in [2.75, 3.05) is 45.1 Å². The van der Waals surface area contributed by atoms with E-state index >= 15 is 0 Å². The van der Waals surface area contributed by atoms with Gasteiger partial charge in [0.15, 0.2) is 0 Å². The fourth-order valence-corrected chi connectivity index (χ4v) is 3.13. The minimum atomic E-state index is 0.252. The average Bonchev–Trinajstić information content (AvgIpc) is 2.54. The molecule has 0 saturated carbocycles. The largest absolute Gasteiger partial charge is 0.399 e. The number of nitrogen functional groups attached to an aromatic ring is 1. The van der Waals surface area contributed by atoms with Gasteiger partial charge in [-0.15, -0.1) is 0 Å². The molecule has 0 aromatic heterocycles. The lowest BCUT2D eigenvalue weighted by atomic mass is 10.2. The van der Waals surface area contributed by atoms with Gasteiger partial charge in [0.1, 0.15) is 0 Å². The van der Waals surface area contributed by atoms with Crippen molar-refractivity contribution < 1.29 is 5.11 Å². The molecule has 1 fully saturated rings. The molecule has 1 aromatic rings. The topological polar surface area (TPSA) is 52.7 Å². The summed E-state index contributed by atoms with van der Waals surface area (Å²) in [5.74, 6) is 0. The molecule has 0 radical (unpaired) electrons. The minimum Gasteiger partial charge on any atom is -0.399 e. The third-order valence-corrected chi connectivity index (χ3v) is 3.94. The summed E-state index contributed by atoms with van der Waals surface area (Å²) in [7, 11) is 0. The van der Waals surface area contributed by atoms with Gasteiger partial charge in [0.25, 0.3) is 0 Å². The second kappa shape index (κ2) is 7.24. The van der Waals surface area contributed by atoms with Gasteiger partial charge in [-0.2, -0.15) is 0 Å². The zero-order valence-corrected chi connectivity index (χ0v) is 12.8. The van der Waals surface area contributed by atoms with Crippen LogP contribution in [0.3, 0.4) is 0 Å². The molecule has 19 heavy (non-hydrogen) atoms. The molecule has 2 rings (SSSR count). The Hall–Kier alpha value is -0.620. The van der Waals surface area contributed by atoms with Crippen LogP contribution in [-0.4, -0.2) is 54.2 Å². The van der Waals surface area contributed by atoms with Crippen LogP contribution in [-0.2, 0) is 6.54 Å². The predicted octanol–water partition coefficient (Wildman–Crippen LogP) is 1.53. The van der Waals surface area contributed by atoms with Crippen LogP contribution in [0, 0.1) is 0 Å². The van der Waals surface area contributed by atoms with E-state index in [1.807, 2.05) is 12.1 Å². The number of hydrogen-bond donors (Lipinski definition) is 2. The number of anilines is 1. The first-order chi connectivity index (χ1) is 9.17. The molecular formula is C14H22BrN3O. The standard InChI is InChI=1S/C14H22BrN3O/c15-13-8-12(9-14(16)10-13)11-18-3-1-2-17(4-5-18)6-7-19/h8-10,19H,1-7,11,16H2. The number of β-amino-alcohol motifs (C(OH)–C–C–N with tert-alkyl or cyclic N) is 1. The quantitative estimate of drug-likeness (QED) is 0.823. The van der Waals surface area contributed by atoms with Crippen LogP contribution >= 0.6 is 15.9 Å². The molecule has 0 atom stereocenters. The third-order valence-electron chi connectivity index (χ3n) is 3.48. The van der Waals surface area contributed by atoms with Gasteiger partial charge in [-0.3, -0.25) is 9.80 Å². The molecule has 1 heterocycles. The van der Waals surface area contributed by atoms with Crippen LogP contribution in [0.2, 0.25) is 0 Å². The van der Waals surface area contributed by atoms with Crippen molar-refractivity contribution in [3.05, 3.63) is 28.2 Å². The van der Waals surface area contributed by atoms with Crippen LogP contribution in [0.1, 0.15) is 12.0 Å². The van der Waals surface area contributed by atoms with Crippen LogP contribution in [0.15, 0.2) is 22.7 Å². The summed E-state index contributed by atoms with van der Waals surface area (Å²) in [5, 5.41) is 9.00. The number of nitrogens with two attached hydrogens (primary N) is 1. The summed E-state index contributed by atoms with van der Waals surface area (Å²) in [6.07, 6.45) is 1.16. The summed E-state index contributed by atoms with van der Waals surface area (Å²) >= 11 is 3.49. The fraction of sp³-hybridized carbons (Fsp3) is 0.571. The number of aliphatic hydroxyl groups excluding tert-OH is 1. The van der Waals surface area contributed by atoms with Crippen molar-refractivity contribution in [3.63, 3.8) is 0 Å². The smallest absolute Gasteiger partial charge is 0.0558 e. The predicted molar refractivity (Wildman–Crippen MR) is 82.0 cm³/mol. The Morgan fingerprint density at radius 1 is 1.11 bits per heavy atom. The maximum absolute atomic E-state index is 9.00. The molecule has 1 aliphatic rings. The Labute approximate surface area is 123 Å². The highest BCUT2D eigenvalue weighted by Crippen LogP contribution is 2.19. The molecule has 3 N–H and O–H groups in total. The van der Waals surface area contributed by atoms with Crippen LogP contribution < -0.4 is 5.73 Å². The first kappa shape index (κ1) is 14.8. The molecule has 106 valence electrons. The van der Waals surface area contributed by atoms with Crippen molar-refractivity contribution in [1.29, 1.82) is 0 Å². The second-order valence-corrected chi connectivity index (χ2v) is 6.00. The molecule has 0 bridgehead atoms. The molecule has 4 nitrogen and oxygen atoms in total. The van der Waals surface area contributed by atoms with Crippen molar-refractivity contribution in [2.24, 2.45) is 0 Å². The Bertz CT molecular complexity index is 393. The molecule has 1 aromatic carbocycles. The molecule has 0 amide bonds. The normalized spacial score (nSPS) is 18.4. The maximum atomic E-state index is 9.00. The Morgan fingerprint density at radius 3 is 2.58 bits per heavy atom. The number of halogens is 1. The second-order valence-electron chi connectivity index (χ2n) is 5.09. The summed E-state index contributed by atoms with van der Waals surface area (Å²) in [4.78, 5) is 4.79. The molecule has 1 aliphatic heterocycles. The highest BCUT2D eigenvalue weighted by molar-refractivity contribution is 9.10. The number of benzene rings is 1. The van der Waals surface area contributed by atoms with Gasteiger partial charge in [-0.1, -0.05) is 15.9 Å². The van der Waals surface area contributed by atoms with Gasteiger partial charge in [0, 0.05) is 36.3 Å². The SMILES string of the molecule is Nc1cc(Br)cc(CN2CCCN(CCO)CC2)c1. The lowest BCUT2D eigenvalue weighted by Gasteiger charge is -2.21. The average molecular weight is 328 g/mol. The van der Waals surface area contributed by atoms with E-state index in [1.165, 1.54) is 5.56 Å². The maximum Gasteiger partial charge on any atom is 0.0558 e. The molecule has 0 aliphatic carbocycles. The number of rotatable bonds is 4. The first-order valence-electron chi connectivity index (χ1n) is 6.78. The number of aliphatic hydroxyl groups is 1. The third kappa shape index (κ3) is 4.76. The summed E-state index contributed by atoms with van der Waals surface area (Å²) < 4.78 is 1.04. The van der Waals surface area contributed by atoms with E-state index < -0.39 is 0 Å². The van der Waals surface area contributed by atoms with Gasteiger partial charge in [0.2, 0.25) is 0 Å². The van der Waals surface area contributed by atoms with E-state index in [1.54, 1.807) is 0 Å². The highest BCUT2D eigenvalue weighted by Gasteiger charge is 2.14. The molecular weight excluding hydrogens is 306 g/mol. The monoisotopic (exact) mass is 327 g/mol. The molecule has 1 saturated heterocycles. The molecule has 0 unspecified atom stereocenters. The van der Waals surface area contributed by atoms with Gasteiger partial charge >= 0.3 is 0 Å². The minimum absolute atomic E-state index is 0.252. The number of hydrogen-bond acceptors (Lipinski definition) is 4. The van der Waals surface area contributed by atoms with E-state index in [9.17, 15) is 0 Å². The Kier molecular flexibility index (Phi) is 5.63. The van der Waals surface area contributed by atoms with E-state index in [0.717, 1.165) is 55.8 Å². The first-order valence-corrected chi connectivity index (χ1v) is 7.57. The lowest BCUT2D eigenvalue weighted by molar-refractivity contribution is 0.196. The zero-order valence-electron chi connectivity index (χ0n) is 11.2. The molecule has 0 spiro atoms. The lowest BCUT2D eigenvalue weighted by Crippen LogP contribution is -2.32. The summed E-state index contributed by atoms with van der Waals surface area (Å²) in [6, 6.07) is 6.10. The van der Waals surface area contributed by atoms with Crippen molar-refractivity contribution in [1.82, 2.24) is 9.80 Å². The van der Waals surface area contributed by atoms with Crippen LogP contribution in [0.25, 0.3) is 0 Å². The van der Waals surface area contributed by atoms with E-state index in [4.69, 9.17) is 10.8 Å². The van der Waals surface area contributed by atoms with Gasteiger partial charge < -0.3 is 10.8 Å². The Balaban J connectivity index is 1.92. The van der Waals surface area contributed by atoms with E-state index in [-0.39, 0.29) is 6.61 Å². The van der Waals surface area contributed by atoms with Crippen LogP contribution in [0.5, 0.6) is 0 Å². The summed E-state index contributed by atoms with van der Waals surface area (Å²) in [5.41, 5.74) is 7.93. The van der Waals surface area contributed by atoms with Gasteiger partial charge in [-0.25, -0.2) is 0 Å². The van der Waals surface area contributed by atoms with Crippen molar-refractivity contribution in [2.45, 2.75) is 13.0 Å². The summed E-state index contributed by atoms with van der Waals surface area (Å²) in [6.45, 7) is 6.25. The van der Waals surface area contributed by atoms with Crippen molar-refractivity contribution >= 4 is 21.6 Å². The van der Waals surface area contributed by atoms with Crippen molar-refractivity contribution in [3.8, 4) is 0 Å². The zero-order chi connectivity index (χ0) is 13.7. The van der Waals surface area contributed by atoms with Gasteiger partial charge in [-0.05, 0) is 43.3 Å². The van der Waals surface area contributed by atoms with E-state index in [0.29, 0.717) is 0 Å². The molecule has 5 heteroatoms. The van der Waals surface area contributed by atoms with E-state index in [2.05, 4.69) is 31.8 Å². The fourth-order valence-electron chi connectivity index (χ4n) is 2.57. The van der Waals surface area contributed by atoms with Crippen LogP contribution in [0.4, 0.5) is 5.69 Å². The van der Waals surface area contributed by atoms with Gasteiger partial charge in [0.05, 0.1) is 6.61 Å². The number of nitrogens with zero attached hydrogens (tertiary/aromatic N) is 2. The highest BCUT2D eigenvalue weighted by atomic mass is 79.9.